The standard InChI is InChI=1S/C24H26N6O2/c25-15-17-1-6-23(28-16-17)29-18-2-4-20(5-3-18)32-22-14-19(30-9-11-31-12-10-30)13-21-24(22)27-8-7-26-21/h1,6-8,13-14,16,18,20H,2-5,9-12H2,(H,28,29). The molecule has 1 saturated carbocycles. The van der Waals surface area contributed by atoms with Gasteiger partial charge in [0.2, 0.25) is 0 Å². The van der Waals surface area contributed by atoms with Crippen molar-refractivity contribution in [2.45, 2.75) is 37.8 Å². The summed E-state index contributed by atoms with van der Waals surface area (Å²) in [6.45, 7) is 3.20. The highest BCUT2D eigenvalue weighted by Crippen LogP contribution is 2.33. The Morgan fingerprint density at radius 2 is 1.84 bits per heavy atom. The van der Waals surface area contributed by atoms with Gasteiger partial charge >= 0.3 is 0 Å². The average molecular weight is 431 g/mol. The van der Waals surface area contributed by atoms with Crippen LogP contribution < -0.4 is 15.0 Å². The van der Waals surface area contributed by atoms with E-state index < -0.39 is 0 Å². The number of ether oxygens (including phenoxy) is 2. The summed E-state index contributed by atoms with van der Waals surface area (Å²) in [4.78, 5) is 15.7. The van der Waals surface area contributed by atoms with Gasteiger partial charge in [-0.25, -0.2) is 9.97 Å². The number of nitriles is 1. The van der Waals surface area contributed by atoms with Crippen molar-refractivity contribution in [1.29, 1.82) is 5.26 Å². The van der Waals surface area contributed by atoms with Gasteiger partial charge in [-0.1, -0.05) is 0 Å². The molecule has 2 aliphatic rings. The molecule has 164 valence electrons. The molecule has 8 heteroatoms. The zero-order valence-corrected chi connectivity index (χ0v) is 17.9. The molecule has 1 aliphatic heterocycles. The van der Waals surface area contributed by atoms with Crippen molar-refractivity contribution in [2.24, 2.45) is 0 Å². The zero-order valence-electron chi connectivity index (χ0n) is 17.9. The van der Waals surface area contributed by atoms with Gasteiger partial charge in [0.05, 0.1) is 30.4 Å². The molecule has 8 nitrogen and oxygen atoms in total. The molecule has 5 rings (SSSR count). The number of fused-ring (bicyclic) bond motifs is 1. The fourth-order valence-electron chi connectivity index (χ4n) is 4.38. The lowest BCUT2D eigenvalue weighted by atomic mass is 9.93. The maximum Gasteiger partial charge on any atom is 0.149 e. The highest BCUT2D eigenvalue weighted by Gasteiger charge is 2.24. The number of pyridine rings is 1. The Bertz CT molecular complexity index is 1100. The van der Waals surface area contributed by atoms with E-state index in [-0.39, 0.29) is 6.10 Å². The van der Waals surface area contributed by atoms with Gasteiger partial charge in [0.25, 0.3) is 0 Å². The molecule has 0 atom stereocenters. The average Bonchev–Trinajstić information content (AvgIpc) is 2.86. The van der Waals surface area contributed by atoms with Gasteiger partial charge < -0.3 is 19.7 Å². The van der Waals surface area contributed by atoms with Crippen molar-refractivity contribution in [3.8, 4) is 11.8 Å². The lowest BCUT2D eigenvalue weighted by Gasteiger charge is -2.31. The van der Waals surface area contributed by atoms with Gasteiger partial charge in [-0.2, -0.15) is 5.26 Å². The first kappa shape index (κ1) is 20.5. The first-order chi connectivity index (χ1) is 15.8. The van der Waals surface area contributed by atoms with E-state index in [2.05, 4.69) is 43.4 Å². The third-order valence-electron chi connectivity index (χ3n) is 6.11. The minimum atomic E-state index is 0.145. The topological polar surface area (TPSA) is 96.2 Å². The van der Waals surface area contributed by atoms with Crippen LogP contribution in [0.15, 0.2) is 42.9 Å². The number of rotatable bonds is 5. The smallest absolute Gasteiger partial charge is 0.149 e. The van der Waals surface area contributed by atoms with Crippen LogP contribution in [0.25, 0.3) is 11.0 Å². The van der Waals surface area contributed by atoms with E-state index in [0.29, 0.717) is 11.6 Å². The second-order valence-electron chi connectivity index (χ2n) is 8.25. The van der Waals surface area contributed by atoms with Crippen LogP contribution in [0.2, 0.25) is 0 Å². The van der Waals surface area contributed by atoms with Crippen molar-refractivity contribution in [2.75, 3.05) is 36.5 Å². The van der Waals surface area contributed by atoms with Gasteiger partial charge in [0, 0.05) is 49.5 Å². The molecule has 2 fully saturated rings. The number of hydrogen-bond acceptors (Lipinski definition) is 8. The molecule has 2 aromatic heterocycles. The van der Waals surface area contributed by atoms with Crippen molar-refractivity contribution in [3.63, 3.8) is 0 Å². The number of aromatic nitrogens is 3. The van der Waals surface area contributed by atoms with E-state index in [1.807, 2.05) is 6.07 Å². The van der Waals surface area contributed by atoms with Crippen LogP contribution in [0.4, 0.5) is 11.5 Å². The first-order valence-electron chi connectivity index (χ1n) is 11.2. The summed E-state index contributed by atoms with van der Waals surface area (Å²) in [5.74, 6) is 1.62. The normalized spacial score (nSPS) is 21.2. The second kappa shape index (κ2) is 9.37. The molecular formula is C24H26N6O2. The predicted molar refractivity (Wildman–Crippen MR) is 122 cm³/mol. The van der Waals surface area contributed by atoms with Crippen molar-refractivity contribution < 1.29 is 9.47 Å². The van der Waals surface area contributed by atoms with E-state index in [1.54, 1.807) is 24.7 Å². The molecule has 32 heavy (non-hydrogen) atoms. The van der Waals surface area contributed by atoms with Crippen LogP contribution in [0, 0.1) is 11.3 Å². The van der Waals surface area contributed by atoms with Crippen molar-refractivity contribution >= 4 is 22.5 Å². The molecule has 0 radical (unpaired) electrons. The number of nitrogens with zero attached hydrogens (tertiary/aromatic N) is 5. The van der Waals surface area contributed by atoms with Crippen LogP contribution in [-0.4, -0.2) is 53.4 Å². The largest absolute Gasteiger partial charge is 0.488 e. The Labute approximate surface area is 187 Å². The van der Waals surface area contributed by atoms with Gasteiger partial charge in [0.15, 0.2) is 0 Å². The molecule has 3 heterocycles. The van der Waals surface area contributed by atoms with Gasteiger partial charge in [0.1, 0.15) is 23.2 Å². The van der Waals surface area contributed by atoms with E-state index in [9.17, 15) is 0 Å². The fourth-order valence-corrected chi connectivity index (χ4v) is 4.38. The Morgan fingerprint density at radius 1 is 1.03 bits per heavy atom. The lowest BCUT2D eigenvalue weighted by Crippen LogP contribution is -2.36. The first-order valence-corrected chi connectivity index (χ1v) is 11.2. The Morgan fingerprint density at radius 3 is 2.59 bits per heavy atom. The molecule has 1 aliphatic carbocycles. The molecule has 0 spiro atoms. The fraction of sp³-hybridized carbons (Fsp3) is 0.417. The summed E-state index contributed by atoms with van der Waals surface area (Å²) in [5.41, 5.74) is 3.35. The maximum absolute atomic E-state index is 8.92. The minimum Gasteiger partial charge on any atom is -0.488 e. The van der Waals surface area contributed by atoms with Crippen LogP contribution in [-0.2, 0) is 4.74 Å². The summed E-state index contributed by atoms with van der Waals surface area (Å²) in [6.07, 6.45) is 9.10. The summed E-state index contributed by atoms with van der Waals surface area (Å²) in [5, 5.41) is 12.4. The minimum absolute atomic E-state index is 0.145. The van der Waals surface area contributed by atoms with Crippen molar-refractivity contribution in [1.82, 2.24) is 15.0 Å². The Hall–Kier alpha value is -3.44. The van der Waals surface area contributed by atoms with E-state index in [1.165, 1.54) is 0 Å². The summed E-state index contributed by atoms with van der Waals surface area (Å²) < 4.78 is 12.0. The number of anilines is 2. The van der Waals surface area contributed by atoms with Gasteiger partial charge in [-0.15, -0.1) is 0 Å². The quantitative estimate of drug-likeness (QED) is 0.657. The molecular weight excluding hydrogens is 404 g/mol. The Balaban J connectivity index is 1.26. The van der Waals surface area contributed by atoms with Crippen LogP contribution in [0.3, 0.4) is 0 Å². The summed E-state index contributed by atoms with van der Waals surface area (Å²) in [7, 11) is 0. The van der Waals surface area contributed by atoms with E-state index >= 15 is 0 Å². The lowest BCUT2D eigenvalue weighted by molar-refractivity contribution is 0.122. The van der Waals surface area contributed by atoms with Gasteiger partial charge in [-0.3, -0.25) is 4.98 Å². The number of nitrogens with one attached hydrogen (secondary N) is 1. The summed E-state index contributed by atoms with van der Waals surface area (Å²) in [6, 6.07) is 10.3. The van der Waals surface area contributed by atoms with Crippen molar-refractivity contribution in [3.05, 3.63) is 48.4 Å². The third-order valence-corrected chi connectivity index (χ3v) is 6.11. The van der Waals surface area contributed by atoms with Gasteiger partial charge in [-0.05, 0) is 43.9 Å². The molecule has 1 saturated heterocycles. The van der Waals surface area contributed by atoms with Crippen LogP contribution >= 0.6 is 0 Å². The highest BCUT2D eigenvalue weighted by atomic mass is 16.5. The molecule has 0 unspecified atom stereocenters. The van der Waals surface area contributed by atoms with Crippen LogP contribution in [0.1, 0.15) is 31.2 Å². The SMILES string of the molecule is N#Cc1ccc(NC2CCC(Oc3cc(N4CCOCC4)cc4nccnc34)CC2)nc1. The number of hydrogen-bond donors (Lipinski definition) is 1. The molecule has 3 aromatic rings. The summed E-state index contributed by atoms with van der Waals surface area (Å²) >= 11 is 0. The van der Waals surface area contributed by atoms with E-state index in [4.69, 9.17) is 14.7 Å². The highest BCUT2D eigenvalue weighted by molar-refractivity contribution is 5.85. The second-order valence-corrected chi connectivity index (χ2v) is 8.25. The number of benzene rings is 1. The Kier molecular flexibility index (Phi) is 5.99. The van der Waals surface area contributed by atoms with Crippen LogP contribution in [0.5, 0.6) is 5.75 Å². The zero-order chi connectivity index (χ0) is 21.8. The predicted octanol–water partition coefficient (Wildman–Crippen LogP) is 3.54. The monoisotopic (exact) mass is 430 g/mol. The third kappa shape index (κ3) is 4.58. The number of morpholine rings is 1. The maximum atomic E-state index is 8.92. The molecule has 0 bridgehead atoms. The molecule has 0 amide bonds. The molecule has 1 aromatic carbocycles. The van der Waals surface area contributed by atoms with E-state index in [0.717, 1.165) is 80.3 Å². The molecule has 1 N–H and O–H groups in total.